The summed E-state index contributed by atoms with van der Waals surface area (Å²) in [4.78, 5) is 51.1. The number of alkyl halides is 2. The van der Waals surface area contributed by atoms with E-state index >= 15 is 8.78 Å². The van der Waals surface area contributed by atoms with Crippen LogP contribution in [0.2, 0.25) is 0 Å². The van der Waals surface area contributed by atoms with Crippen LogP contribution in [0.15, 0.2) is 91.0 Å². The van der Waals surface area contributed by atoms with Gasteiger partial charge in [-0.25, -0.2) is 4.79 Å². The summed E-state index contributed by atoms with van der Waals surface area (Å²) < 4.78 is 35.5. The number of alkyl carbamates (subject to hydrolysis) is 1. The molecule has 0 aromatic heterocycles. The number of halogens is 2. The average molecular weight is 594 g/mol. The second-order valence-electron chi connectivity index (χ2n) is 10.5. The van der Waals surface area contributed by atoms with Crippen molar-refractivity contribution in [3.63, 3.8) is 0 Å². The number of rotatable bonds is 15. The lowest BCUT2D eigenvalue weighted by molar-refractivity contribution is -0.148. The lowest BCUT2D eigenvalue weighted by atomic mass is 9.94. The van der Waals surface area contributed by atoms with E-state index in [4.69, 9.17) is 4.74 Å². The summed E-state index contributed by atoms with van der Waals surface area (Å²) in [5.74, 6) is -7.05. The molecule has 3 aromatic rings. The van der Waals surface area contributed by atoms with E-state index in [1.807, 2.05) is 6.07 Å². The zero-order valence-electron chi connectivity index (χ0n) is 24.2. The van der Waals surface area contributed by atoms with Crippen LogP contribution in [-0.2, 0) is 38.6 Å². The van der Waals surface area contributed by atoms with Crippen molar-refractivity contribution in [1.82, 2.24) is 16.0 Å². The van der Waals surface area contributed by atoms with Gasteiger partial charge in [-0.3, -0.25) is 14.4 Å². The minimum Gasteiger partial charge on any atom is -0.445 e. The number of nitrogens with one attached hydrogen (secondary N) is 3. The Balaban J connectivity index is 1.63. The highest BCUT2D eigenvalue weighted by Crippen LogP contribution is 2.25. The number of Topliss-reactive ketones (excluding diaryl/α,β-unsaturated/α-hetero) is 1. The SMILES string of the molecule is CC(C)[C@H](NC(=O)CNC(=O)OCc1ccccc1)C(=O)NC(Cc1ccccc1)C(=O)C(F)(F)CCc1ccccc1. The normalized spacial score (nSPS) is 12.6. The van der Waals surface area contributed by atoms with E-state index < -0.39 is 60.6 Å². The predicted octanol–water partition coefficient (Wildman–Crippen LogP) is 4.62. The van der Waals surface area contributed by atoms with E-state index in [1.165, 1.54) is 0 Å². The molecule has 0 heterocycles. The maximum absolute atomic E-state index is 15.2. The van der Waals surface area contributed by atoms with Gasteiger partial charge in [0.05, 0.1) is 6.04 Å². The molecule has 3 N–H and O–H groups in total. The van der Waals surface area contributed by atoms with Crippen molar-refractivity contribution in [2.75, 3.05) is 6.54 Å². The highest BCUT2D eigenvalue weighted by Gasteiger charge is 2.43. The molecule has 228 valence electrons. The summed E-state index contributed by atoms with van der Waals surface area (Å²) in [7, 11) is 0. The van der Waals surface area contributed by atoms with Crippen LogP contribution in [-0.4, -0.2) is 48.2 Å². The first kappa shape index (κ1) is 32.9. The zero-order valence-corrected chi connectivity index (χ0v) is 24.2. The van der Waals surface area contributed by atoms with Gasteiger partial charge in [0.15, 0.2) is 0 Å². The summed E-state index contributed by atoms with van der Waals surface area (Å²) in [6.07, 6.45) is -1.71. The molecular weight excluding hydrogens is 556 g/mol. The number of amides is 3. The number of benzene rings is 3. The molecule has 10 heteroatoms. The van der Waals surface area contributed by atoms with E-state index in [0.717, 1.165) is 5.56 Å². The van der Waals surface area contributed by atoms with Crippen LogP contribution in [0.4, 0.5) is 13.6 Å². The van der Waals surface area contributed by atoms with Gasteiger partial charge in [0, 0.05) is 6.42 Å². The fourth-order valence-corrected chi connectivity index (χ4v) is 4.33. The third-order valence-electron chi connectivity index (χ3n) is 6.72. The zero-order chi connectivity index (χ0) is 31.2. The Labute approximate surface area is 250 Å². The molecule has 3 rings (SSSR count). The molecule has 0 saturated heterocycles. The van der Waals surface area contributed by atoms with Crippen LogP contribution < -0.4 is 16.0 Å². The third kappa shape index (κ3) is 11.0. The van der Waals surface area contributed by atoms with Gasteiger partial charge >= 0.3 is 12.0 Å². The van der Waals surface area contributed by atoms with Gasteiger partial charge in [0.25, 0.3) is 0 Å². The summed E-state index contributed by atoms with van der Waals surface area (Å²) >= 11 is 0. The van der Waals surface area contributed by atoms with Gasteiger partial charge in [0.2, 0.25) is 17.6 Å². The topological polar surface area (TPSA) is 114 Å². The second kappa shape index (κ2) is 16.1. The number of ether oxygens (including phenoxy) is 1. The first-order chi connectivity index (χ1) is 20.5. The van der Waals surface area contributed by atoms with Gasteiger partial charge < -0.3 is 20.7 Å². The van der Waals surface area contributed by atoms with E-state index in [1.54, 1.807) is 98.8 Å². The molecule has 0 saturated carbocycles. The molecule has 0 spiro atoms. The van der Waals surface area contributed by atoms with Gasteiger partial charge in [-0.2, -0.15) is 8.78 Å². The number of hydrogen-bond acceptors (Lipinski definition) is 5. The van der Waals surface area contributed by atoms with Crippen LogP contribution >= 0.6 is 0 Å². The molecular formula is C33H37F2N3O5. The average Bonchev–Trinajstić information content (AvgIpc) is 3.01. The monoisotopic (exact) mass is 593 g/mol. The molecule has 0 aliphatic rings. The third-order valence-corrected chi connectivity index (χ3v) is 6.72. The Morgan fingerprint density at radius 2 is 1.30 bits per heavy atom. The fraction of sp³-hybridized carbons (Fsp3) is 0.333. The van der Waals surface area contributed by atoms with Crippen LogP contribution in [0.3, 0.4) is 0 Å². The Kier molecular flexibility index (Phi) is 12.4. The fourth-order valence-electron chi connectivity index (χ4n) is 4.33. The molecule has 8 nitrogen and oxygen atoms in total. The van der Waals surface area contributed by atoms with E-state index in [-0.39, 0.29) is 19.4 Å². The lowest BCUT2D eigenvalue weighted by Crippen LogP contribution is -2.57. The number of carbonyl (C=O) groups is 4. The Bertz CT molecular complexity index is 1340. The number of aryl methyl sites for hydroxylation is 1. The molecule has 3 amide bonds. The van der Waals surface area contributed by atoms with Gasteiger partial charge in [-0.1, -0.05) is 105 Å². The maximum Gasteiger partial charge on any atom is 0.407 e. The first-order valence-corrected chi connectivity index (χ1v) is 14.1. The van der Waals surface area contributed by atoms with Crippen LogP contribution in [0, 0.1) is 5.92 Å². The lowest BCUT2D eigenvalue weighted by Gasteiger charge is -2.27. The largest absolute Gasteiger partial charge is 0.445 e. The number of hydrogen-bond donors (Lipinski definition) is 3. The highest BCUT2D eigenvalue weighted by molar-refractivity contribution is 5.96. The van der Waals surface area contributed by atoms with Crippen molar-refractivity contribution in [3.05, 3.63) is 108 Å². The van der Waals surface area contributed by atoms with Crippen molar-refractivity contribution in [3.8, 4) is 0 Å². The molecule has 0 aliphatic carbocycles. The number of carbonyl (C=O) groups excluding carboxylic acids is 4. The van der Waals surface area contributed by atoms with E-state index in [9.17, 15) is 19.2 Å². The minimum atomic E-state index is -3.71. The van der Waals surface area contributed by atoms with Gasteiger partial charge in [-0.15, -0.1) is 0 Å². The maximum atomic E-state index is 15.2. The van der Waals surface area contributed by atoms with Gasteiger partial charge in [0.1, 0.15) is 19.2 Å². The standard InChI is InChI=1S/C33H37F2N3O5/c1-23(2)29(38-28(39)21-36-32(42)43-22-26-16-10-5-11-17-26)31(41)37-27(20-25-14-8-4-9-15-25)30(40)33(34,35)19-18-24-12-6-3-7-13-24/h3-17,23,27,29H,18-22H2,1-2H3,(H,36,42)(H,37,41)(H,38,39)/t27?,29-/m0/s1. The Hall–Kier alpha value is -4.60. The summed E-state index contributed by atoms with van der Waals surface area (Å²) in [5.41, 5.74) is 2.02. The van der Waals surface area contributed by atoms with Crippen LogP contribution in [0.25, 0.3) is 0 Å². The predicted molar refractivity (Wildman–Crippen MR) is 158 cm³/mol. The summed E-state index contributed by atoms with van der Waals surface area (Å²) in [5, 5.41) is 7.30. The first-order valence-electron chi connectivity index (χ1n) is 14.1. The van der Waals surface area contributed by atoms with Crippen molar-refractivity contribution in [1.29, 1.82) is 0 Å². The van der Waals surface area contributed by atoms with Crippen molar-refractivity contribution in [2.45, 2.75) is 57.7 Å². The molecule has 3 aromatic carbocycles. The van der Waals surface area contributed by atoms with E-state index in [2.05, 4.69) is 16.0 Å². The Morgan fingerprint density at radius 1 is 0.767 bits per heavy atom. The van der Waals surface area contributed by atoms with E-state index in [0.29, 0.717) is 11.1 Å². The molecule has 0 radical (unpaired) electrons. The summed E-state index contributed by atoms with van der Waals surface area (Å²) in [6.45, 7) is 2.86. The highest BCUT2D eigenvalue weighted by atomic mass is 19.3. The number of ketones is 1. The summed E-state index contributed by atoms with van der Waals surface area (Å²) in [6, 6.07) is 23.5. The quantitative estimate of drug-likeness (QED) is 0.238. The molecule has 1 unspecified atom stereocenters. The minimum absolute atomic E-state index is 0.0120. The Morgan fingerprint density at radius 3 is 1.86 bits per heavy atom. The molecule has 0 fully saturated rings. The van der Waals surface area contributed by atoms with Crippen molar-refractivity contribution >= 4 is 23.7 Å². The van der Waals surface area contributed by atoms with Crippen molar-refractivity contribution in [2.24, 2.45) is 5.92 Å². The van der Waals surface area contributed by atoms with Gasteiger partial charge in [-0.05, 0) is 35.4 Å². The molecule has 0 aliphatic heterocycles. The molecule has 2 atom stereocenters. The van der Waals surface area contributed by atoms with Crippen LogP contribution in [0.5, 0.6) is 0 Å². The molecule has 0 bridgehead atoms. The second-order valence-corrected chi connectivity index (χ2v) is 10.5. The van der Waals surface area contributed by atoms with Crippen LogP contribution in [0.1, 0.15) is 37.0 Å². The smallest absolute Gasteiger partial charge is 0.407 e. The van der Waals surface area contributed by atoms with Crippen molar-refractivity contribution < 1.29 is 32.7 Å². The molecule has 43 heavy (non-hydrogen) atoms.